The van der Waals surface area contributed by atoms with E-state index in [2.05, 4.69) is 0 Å². The van der Waals surface area contributed by atoms with Gasteiger partial charge in [0, 0.05) is 24.0 Å². The normalized spacial score (nSPS) is 13.7. The Morgan fingerprint density at radius 1 is 0.972 bits per heavy atom. The first-order valence-corrected chi connectivity index (χ1v) is 14.7. The van der Waals surface area contributed by atoms with E-state index in [-0.39, 0.29) is 36.5 Å². The van der Waals surface area contributed by atoms with Gasteiger partial charge in [-0.05, 0) is 35.4 Å². The van der Waals surface area contributed by atoms with E-state index in [9.17, 15) is 13.2 Å². The lowest BCUT2D eigenvalue weighted by molar-refractivity contribution is -0.146. The first kappa shape index (κ1) is 30.6. The molecule has 2 rings (SSSR count). The van der Waals surface area contributed by atoms with Gasteiger partial charge in [0.25, 0.3) is 0 Å². The molecule has 0 aliphatic rings. The number of hydrogen-bond donors (Lipinski definition) is 0. The molecule has 0 fully saturated rings. The van der Waals surface area contributed by atoms with Gasteiger partial charge >= 0.3 is 5.97 Å². The van der Waals surface area contributed by atoms with Gasteiger partial charge in [0.1, 0.15) is 34.0 Å². The molecule has 0 aromatic heterocycles. The van der Waals surface area contributed by atoms with E-state index < -0.39 is 27.3 Å². The topological polar surface area (TPSA) is 78.9 Å². The zero-order chi connectivity index (χ0) is 27.1. The molecule has 0 aliphatic heterocycles. The zero-order valence-electron chi connectivity index (χ0n) is 21.1. The highest BCUT2D eigenvalue weighted by molar-refractivity contribution is 7.91. The van der Waals surface area contributed by atoms with Crippen LogP contribution in [0.4, 0.5) is 0 Å². The molecule has 0 bridgehead atoms. The number of carbonyl (C=O) groups excluding carboxylic acids is 1. The summed E-state index contributed by atoms with van der Waals surface area (Å²) in [7, 11) is -3.07. The Morgan fingerprint density at radius 3 is 1.89 bits per heavy atom. The summed E-state index contributed by atoms with van der Waals surface area (Å²) < 4.78 is 40.2. The molecule has 0 saturated heterocycles. The van der Waals surface area contributed by atoms with Crippen molar-refractivity contribution in [1.29, 1.82) is 0 Å². The van der Waals surface area contributed by atoms with Gasteiger partial charge in [-0.3, -0.25) is 4.79 Å². The zero-order valence-corrected chi connectivity index (χ0v) is 24.2. The Bertz CT molecular complexity index is 1150. The SMILES string of the molecule is CCS(=O)(=O)C[C@@H](C)COc1ccc(C(C)(C)c2ccc(OC[C@@H](CCl)OC(C)=O)c(Cl)c2)cc1Cl. The van der Waals surface area contributed by atoms with Gasteiger partial charge in [0.15, 0.2) is 0 Å². The Balaban J connectivity index is 2.11. The fraction of sp³-hybridized carbons (Fsp3) is 0.500. The quantitative estimate of drug-likeness (QED) is 0.204. The van der Waals surface area contributed by atoms with Crippen LogP contribution < -0.4 is 9.47 Å². The van der Waals surface area contributed by atoms with E-state index in [1.807, 2.05) is 45.0 Å². The van der Waals surface area contributed by atoms with Gasteiger partial charge in [0.05, 0.1) is 28.3 Å². The number of ether oxygens (including phenoxy) is 3. The molecule has 0 N–H and O–H groups in total. The van der Waals surface area contributed by atoms with Crippen molar-refractivity contribution in [2.24, 2.45) is 5.92 Å². The third-order valence-electron chi connectivity index (χ3n) is 5.74. The maximum Gasteiger partial charge on any atom is 0.303 e. The van der Waals surface area contributed by atoms with Gasteiger partial charge in [-0.1, -0.05) is 63.0 Å². The van der Waals surface area contributed by atoms with Crippen molar-refractivity contribution in [3.05, 3.63) is 57.6 Å². The van der Waals surface area contributed by atoms with Crippen molar-refractivity contribution in [3.8, 4) is 11.5 Å². The number of sulfone groups is 1. The third kappa shape index (κ3) is 8.72. The molecule has 0 spiro atoms. The molecule has 200 valence electrons. The molecule has 36 heavy (non-hydrogen) atoms. The van der Waals surface area contributed by atoms with Gasteiger partial charge < -0.3 is 14.2 Å². The Kier molecular flexibility index (Phi) is 11.2. The van der Waals surface area contributed by atoms with Crippen LogP contribution >= 0.6 is 34.8 Å². The highest BCUT2D eigenvalue weighted by Gasteiger charge is 2.26. The molecule has 0 radical (unpaired) electrons. The lowest BCUT2D eigenvalue weighted by atomic mass is 9.78. The van der Waals surface area contributed by atoms with Gasteiger partial charge in [-0.15, -0.1) is 11.6 Å². The molecule has 6 nitrogen and oxygen atoms in total. The van der Waals surface area contributed by atoms with Crippen LogP contribution in [0.2, 0.25) is 10.0 Å². The fourth-order valence-electron chi connectivity index (χ4n) is 3.54. The number of halogens is 3. The molecule has 0 aliphatic carbocycles. The van der Waals surface area contributed by atoms with Crippen molar-refractivity contribution >= 4 is 50.6 Å². The summed E-state index contributed by atoms with van der Waals surface area (Å²) >= 11 is 18.8. The first-order chi connectivity index (χ1) is 16.8. The number of alkyl halides is 1. The molecule has 0 amide bonds. The minimum atomic E-state index is -3.07. The lowest BCUT2D eigenvalue weighted by Gasteiger charge is -2.27. The van der Waals surface area contributed by atoms with Crippen LogP contribution in [-0.4, -0.2) is 51.1 Å². The molecule has 0 heterocycles. The summed E-state index contributed by atoms with van der Waals surface area (Å²) in [6.07, 6.45) is -0.571. The van der Waals surface area contributed by atoms with Crippen molar-refractivity contribution < 1.29 is 27.4 Å². The molecular formula is C26H33Cl3O6S. The lowest BCUT2D eigenvalue weighted by Crippen LogP contribution is -2.25. The standard InChI is InChI=1S/C26H33Cl3O6S/c1-6-36(31,32)16-17(2)14-33-24-9-7-19(11-22(24)28)26(4,5)20-8-10-25(23(29)12-20)34-15-21(13-27)35-18(3)30/h7-12,17,21H,6,13-16H2,1-5H3/t17-,21+/m0/s1. The van der Waals surface area contributed by atoms with E-state index in [1.54, 1.807) is 19.1 Å². The maximum atomic E-state index is 11.8. The maximum absolute atomic E-state index is 11.8. The average Bonchev–Trinajstić information content (AvgIpc) is 2.80. The van der Waals surface area contributed by atoms with Crippen LogP contribution in [0.5, 0.6) is 11.5 Å². The highest BCUT2D eigenvalue weighted by Crippen LogP contribution is 2.38. The molecule has 0 unspecified atom stereocenters. The average molecular weight is 580 g/mol. The monoisotopic (exact) mass is 578 g/mol. The highest BCUT2D eigenvalue weighted by atomic mass is 35.5. The van der Waals surface area contributed by atoms with Crippen LogP contribution in [0.1, 0.15) is 45.7 Å². The molecule has 2 aromatic carbocycles. The van der Waals surface area contributed by atoms with Gasteiger partial charge in [-0.25, -0.2) is 8.42 Å². The summed E-state index contributed by atoms with van der Waals surface area (Å²) in [5, 5.41) is 0.855. The Hall–Kier alpha value is -1.67. The largest absolute Gasteiger partial charge is 0.492 e. The van der Waals surface area contributed by atoms with E-state index in [0.29, 0.717) is 21.5 Å². The van der Waals surface area contributed by atoms with Crippen molar-refractivity contribution in [2.75, 3.05) is 30.6 Å². The van der Waals surface area contributed by atoms with Crippen LogP contribution in [-0.2, 0) is 24.8 Å². The first-order valence-electron chi connectivity index (χ1n) is 11.6. The second kappa shape index (κ2) is 13.2. The van der Waals surface area contributed by atoms with E-state index in [4.69, 9.17) is 49.0 Å². The van der Waals surface area contributed by atoms with E-state index >= 15 is 0 Å². The smallest absolute Gasteiger partial charge is 0.303 e. The Labute approximate surface area is 229 Å². The number of hydrogen-bond acceptors (Lipinski definition) is 6. The van der Waals surface area contributed by atoms with Crippen LogP contribution in [0, 0.1) is 5.92 Å². The second-order valence-electron chi connectivity index (χ2n) is 9.23. The van der Waals surface area contributed by atoms with Crippen LogP contribution in [0.3, 0.4) is 0 Å². The third-order valence-corrected chi connectivity index (χ3v) is 8.63. The molecular weight excluding hydrogens is 547 g/mol. The summed E-state index contributed by atoms with van der Waals surface area (Å²) in [5.41, 5.74) is 1.45. The summed E-state index contributed by atoms with van der Waals surface area (Å²) in [6.45, 7) is 9.22. The minimum absolute atomic E-state index is 0.0724. The number of rotatable bonds is 13. The van der Waals surface area contributed by atoms with Crippen molar-refractivity contribution in [1.82, 2.24) is 0 Å². The number of esters is 1. The Morgan fingerprint density at radius 2 is 1.47 bits per heavy atom. The fourth-order valence-corrected chi connectivity index (χ4v) is 5.36. The van der Waals surface area contributed by atoms with Crippen LogP contribution in [0.25, 0.3) is 0 Å². The van der Waals surface area contributed by atoms with Gasteiger partial charge in [-0.2, -0.15) is 0 Å². The predicted octanol–water partition coefficient (Wildman–Crippen LogP) is 6.32. The minimum Gasteiger partial charge on any atom is -0.492 e. The molecule has 2 atom stereocenters. The van der Waals surface area contributed by atoms with E-state index in [1.165, 1.54) is 6.92 Å². The summed E-state index contributed by atoms with van der Waals surface area (Å²) in [6, 6.07) is 11.1. The van der Waals surface area contributed by atoms with Crippen molar-refractivity contribution in [2.45, 2.75) is 46.1 Å². The summed E-state index contributed by atoms with van der Waals surface area (Å²) in [5.74, 6) is 0.670. The number of benzene rings is 2. The van der Waals surface area contributed by atoms with Gasteiger partial charge in [0.2, 0.25) is 0 Å². The van der Waals surface area contributed by atoms with Crippen LogP contribution in [0.15, 0.2) is 36.4 Å². The molecule has 10 heteroatoms. The number of carbonyl (C=O) groups is 1. The molecule has 2 aromatic rings. The summed E-state index contributed by atoms with van der Waals surface area (Å²) in [4.78, 5) is 11.2. The predicted molar refractivity (Wildman–Crippen MR) is 146 cm³/mol. The van der Waals surface area contributed by atoms with Crippen molar-refractivity contribution in [3.63, 3.8) is 0 Å². The molecule has 0 saturated carbocycles. The second-order valence-corrected chi connectivity index (χ2v) is 12.7. The van der Waals surface area contributed by atoms with E-state index in [0.717, 1.165) is 11.1 Å².